The molecule has 0 fully saturated rings. The lowest BCUT2D eigenvalue weighted by atomic mass is 10.2. The van der Waals surface area contributed by atoms with Gasteiger partial charge in [0.2, 0.25) is 0 Å². The van der Waals surface area contributed by atoms with Crippen LogP contribution in [0.4, 0.5) is 0 Å². The van der Waals surface area contributed by atoms with Crippen molar-refractivity contribution in [2.24, 2.45) is 4.40 Å². The van der Waals surface area contributed by atoms with Crippen LogP contribution in [-0.2, 0) is 20.1 Å². The molecule has 0 aliphatic rings. The molecule has 0 N–H and O–H groups in total. The smallest absolute Gasteiger partial charge is 0.193 e. The first-order valence-corrected chi connectivity index (χ1v) is 11.5. The second-order valence-electron chi connectivity index (χ2n) is 7.69. The summed E-state index contributed by atoms with van der Waals surface area (Å²) in [6.45, 7) is 19.7. The fourth-order valence-corrected chi connectivity index (χ4v) is 2.98. The first-order valence-electron chi connectivity index (χ1n) is 7.53. The zero-order chi connectivity index (χ0) is 16.9. The van der Waals surface area contributed by atoms with Crippen molar-refractivity contribution in [2.45, 2.75) is 77.4 Å². The van der Waals surface area contributed by atoms with Crippen LogP contribution in [-0.4, -0.2) is 42.8 Å². The summed E-state index contributed by atoms with van der Waals surface area (Å²) >= 11 is 0. The quantitative estimate of drug-likeness (QED) is 0.523. The summed E-state index contributed by atoms with van der Waals surface area (Å²) in [4.78, 5) is 0. The Bertz CT molecular complexity index is 370. The molecule has 0 rings (SSSR count). The summed E-state index contributed by atoms with van der Waals surface area (Å²) in [5, 5.41) is 0.120. The molecule has 0 radical (unpaired) electrons. The van der Waals surface area contributed by atoms with E-state index >= 15 is 0 Å². The van der Waals surface area contributed by atoms with Crippen molar-refractivity contribution in [3.63, 3.8) is 0 Å². The van der Waals surface area contributed by atoms with Gasteiger partial charge < -0.3 is 9.16 Å². The first-order chi connectivity index (χ1) is 9.31. The Hall–Kier alpha value is -0.0431. The highest BCUT2D eigenvalue weighted by molar-refractivity contribution is 7.85. The highest BCUT2D eigenvalue weighted by atomic mass is 32.2. The maximum atomic E-state index is 12.0. The van der Waals surface area contributed by atoms with Gasteiger partial charge in [0, 0.05) is 12.8 Å². The van der Waals surface area contributed by atoms with Gasteiger partial charge in [-0.05, 0) is 45.8 Å². The summed E-state index contributed by atoms with van der Waals surface area (Å²) in [6, 6.07) is 0. The van der Waals surface area contributed by atoms with E-state index in [-0.39, 0.29) is 15.9 Å². The van der Waals surface area contributed by atoms with Crippen LogP contribution in [0.15, 0.2) is 4.40 Å². The molecule has 0 aromatic carbocycles. The van der Waals surface area contributed by atoms with E-state index in [0.29, 0.717) is 13.2 Å². The fraction of sp³-hybridized carbons (Fsp3) is 0.933. The highest BCUT2D eigenvalue weighted by Crippen LogP contribution is 2.37. The molecule has 0 aromatic heterocycles. The van der Waals surface area contributed by atoms with E-state index in [1.165, 1.54) is 0 Å². The van der Waals surface area contributed by atoms with Crippen LogP contribution in [0.5, 0.6) is 0 Å². The Kier molecular flexibility index (Phi) is 7.98. The minimum Gasteiger partial charge on any atom is -0.407 e. The molecular formula is C15H33NO3SSi. The Morgan fingerprint density at radius 1 is 1.19 bits per heavy atom. The molecule has 0 amide bonds. The number of ether oxygens (including phenoxy) is 1. The monoisotopic (exact) mass is 335 g/mol. The zero-order valence-electron chi connectivity index (χ0n) is 15.1. The molecule has 21 heavy (non-hydrogen) atoms. The van der Waals surface area contributed by atoms with Gasteiger partial charge in [0.1, 0.15) is 17.1 Å². The minimum absolute atomic E-state index is 0.120. The number of nitrogens with zero attached hydrogens (tertiary/aromatic N) is 1. The lowest BCUT2D eigenvalue weighted by molar-refractivity contribution is 0.0824. The fourth-order valence-electron chi connectivity index (χ4n) is 1.18. The van der Waals surface area contributed by atoms with E-state index in [1.807, 2.05) is 27.7 Å². The molecule has 0 unspecified atom stereocenters. The Balaban J connectivity index is 4.98. The molecule has 6 heteroatoms. The summed E-state index contributed by atoms with van der Waals surface area (Å²) in [6.07, 6.45) is 1.43. The average molecular weight is 336 g/mol. The van der Waals surface area contributed by atoms with Gasteiger partial charge in [-0.15, -0.1) is 0 Å². The van der Waals surface area contributed by atoms with Gasteiger partial charge in [-0.25, -0.2) is 4.21 Å². The van der Waals surface area contributed by atoms with Crippen LogP contribution in [0.3, 0.4) is 0 Å². The molecule has 4 nitrogen and oxygen atoms in total. The average Bonchev–Trinajstić information content (AvgIpc) is 2.29. The van der Waals surface area contributed by atoms with Crippen molar-refractivity contribution < 1.29 is 13.4 Å². The van der Waals surface area contributed by atoms with Crippen molar-refractivity contribution in [1.29, 1.82) is 0 Å². The van der Waals surface area contributed by atoms with E-state index in [2.05, 4.69) is 38.3 Å². The van der Waals surface area contributed by atoms with Gasteiger partial charge in [0.15, 0.2) is 8.32 Å². The Morgan fingerprint density at radius 3 is 2.10 bits per heavy atom. The van der Waals surface area contributed by atoms with Crippen LogP contribution in [0.1, 0.15) is 48.5 Å². The zero-order valence-corrected chi connectivity index (χ0v) is 17.0. The third-order valence-electron chi connectivity index (χ3n) is 3.59. The molecule has 126 valence electrons. The lowest BCUT2D eigenvalue weighted by Gasteiger charge is -2.38. The predicted molar refractivity (Wildman–Crippen MR) is 95.0 cm³/mol. The maximum absolute atomic E-state index is 12.0. The highest BCUT2D eigenvalue weighted by Gasteiger charge is 2.39. The number of hydrogen-bond acceptors (Lipinski definition) is 3. The lowest BCUT2D eigenvalue weighted by Crippen LogP contribution is -2.45. The van der Waals surface area contributed by atoms with Gasteiger partial charge >= 0.3 is 0 Å². The summed E-state index contributed by atoms with van der Waals surface area (Å²) in [7, 11) is -3.17. The van der Waals surface area contributed by atoms with Crippen molar-refractivity contribution in [2.75, 3.05) is 13.2 Å². The van der Waals surface area contributed by atoms with E-state index in [9.17, 15) is 4.21 Å². The molecule has 0 aliphatic heterocycles. The van der Waals surface area contributed by atoms with Crippen molar-refractivity contribution in [3.8, 4) is 0 Å². The third kappa shape index (κ3) is 7.67. The van der Waals surface area contributed by atoms with Gasteiger partial charge in [0.05, 0.1) is 11.4 Å². The van der Waals surface area contributed by atoms with Gasteiger partial charge in [-0.3, -0.25) is 0 Å². The number of hydrogen-bond donors (Lipinski definition) is 0. The van der Waals surface area contributed by atoms with Crippen LogP contribution in [0.25, 0.3) is 0 Å². The van der Waals surface area contributed by atoms with Crippen molar-refractivity contribution >= 4 is 25.5 Å². The minimum atomic E-state index is -1.91. The predicted octanol–water partition coefficient (Wildman–Crippen LogP) is 3.95. The molecule has 0 aliphatic carbocycles. The first kappa shape index (κ1) is 21.0. The van der Waals surface area contributed by atoms with E-state index in [4.69, 9.17) is 9.16 Å². The van der Waals surface area contributed by atoms with Crippen molar-refractivity contribution in [3.05, 3.63) is 0 Å². The third-order valence-corrected chi connectivity index (χ3v) is 9.45. The molecule has 0 saturated carbocycles. The summed E-state index contributed by atoms with van der Waals surface area (Å²) in [5.41, 5.74) is 0. The summed E-state index contributed by atoms with van der Waals surface area (Å²) < 4.78 is 27.6. The second-order valence-corrected chi connectivity index (χ2v) is 14.4. The molecule has 0 spiro atoms. The Labute approximate surface area is 134 Å². The SMILES string of the molecule is CCOC[C@H](C=N[S@](=O)C(C)(C)C)O[Si](C)(C)C(C)(C)C. The number of rotatable bonds is 7. The van der Waals surface area contributed by atoms with Gasteiger partial charge in [-0.2, -0.15) is 4.40 Å². The molecule has 0 heterocycles. The molecule has 0 bridgehead atoms. The van der Waals surface area contributed by atoms with Crippen molar-refractivity contribution in [1.82, 2.24) is 0 Å². The normalized spacial score (nSPS) is 17.2. The second kappa shape index (κ2) is 7.99. The van der Waals surface area contributed by atoms with Crippen LogP contribution >= 0.6 is 0 Å². The van der Waals surface area contributed by atoms with Gasteiger partial charge in [0.25, 0.3) is 0 Å². The largest absolute Gasteiger partial charge is 0.407 e. The maximum Gasteiger partial charge on any atom is 0.193 e. The molecule has 2 atom stereocenters. The van der Waals surface area contributed by atoms with Crippen LogP contribution in [0.2, 0.25) is 18.1 Å². The van der Waals surface area contributed by atoms with Gasteiger partial charge in [-0.1, -0.05) is 20.8 Å². The van der Waals surface area contributed by atoms with E-state index in [0.717, 1.165) is 0 Å². The Morgan fingerprint density at radius 2 is 1.71 bits per heavy atom. The summed E-state index contributed by atoms with van der Waals surface area (Å²) in [5.74, 6) is 0. The van der Waals surface area contributed by atoms with Crippen LogP contribution in [0, 0.1) is 0 Å². The molecular weight excluding hydrogens is 302 g/mol. The standard InChI is InChI=1S/C15H33NO3SSi/c1-10-18-12-13(11-16-20(17)14(2,3)4)19-21(8,9)15(5,6)7/h11,13H,10,12H2,1-9H3/t13-,20+/m0/s1. The van der Waals surface area contributed by atoms with Crippen LogP contribution < -0.4 is 0 Å². The molecule has 0 saturated heterocycles. The van der Waals surface area contributed by atoms with E-state index in [1.54, 1.807) is 6.21 Å². The van der Waals surface area contributed by atoms with E-state index < -0.39 is 19.3 Å². The topological polar surface area (TPSA) is 47.9 Å². The molecule has 0 aromatic rings.